The number of hydrogen-bond acceptors (Lipinski definition) is 8. The van der Waals surface area contributed by atoms with E-state index in [-0.39, 0.29) is 42.8 Å². The Bertz CT molecular complexity index is 1600. The number of phenolic OH excluding ortho intramolecular Hbond substituents is 1. The van der Waals surface area contributed by atoms with Gasteiger partial charge in [0.05, 0.1) is 11.5 Å². The second-order valence-corrected chi connectivity index (χ2v) is 13.8. The zero-order valence-electron chi connectivity index (χ0n) is 25.4. The standard InChI is InChI=1S/C35H38O8/c1-17(2)27-29(39)25(19(4)36)31(41)35(43)32(42)28-30(40)26-23(15-33(28,5)16-34(27,35)6)21(11-12-24(26)38)14-22(37)13-20-9-7-18(3)8-10-20/h7-12,17,25,27-28,38,43H,13-16H2,1-6H3/t25?,27?,28?,33-,34-,35+/m1/s1. The van der Waals surface area contributed by atoms with E-state index in [2.05, 4.69) is 0 Å². The van der Waals surface area contributed by atoms with E-state index in [1.807, 2.05) is 31.2 Å². The molecule has 0 amide bonds. The predicted molar refractivity (Wildman–Crippen MR) is 157 cm³/mol. The van der Waals surface area contributed by atoms with Gasteiger partial charge in [-0.05, 0) is 60.8 Å². The fourth-order valence-electron chi connectivity index (χ4n) is 8.57. The third-order valence-electron chi connectivity index (χ3n) is 10.3. The number of ketones is 6. The van der Waals surface area contributed by atoms with Crippen molar-refractivity contribution in [2.45, 2.75) is 72.8 Å². The molecule has 5 rings (SSSR count). The summed E-state index contributed by atoms with van der Waals surface area (Å²) in [6, 6.07) is 10.6. The molecule has 0 bridgehead atoms. The number of phenols is 1. The van der Waals surface area contributed by atoms with E-state index in [4.69, 9.17) is 0 Å². The lowest BCUT2D eigenvalue weighted by Crippen LogP contribution is -2.76. The average Bonchev–Trinajstić information content (AvgIpc) is 2.88. The Hall–Kier alpha value is -3.78. The van der Waals surface area contributed by atoms with E-state index in [9.17, 15) is 39.0 Å². The third-order valence-corrected chi connectivity index (χ3v) is 10.3. The highest BCUT2D eigenvalue weighted by Crippen LogP contribution is 2.63. The average molecular weight is 587 g/mol. The van der Waals surface area contributed by atoms with Crippen LogP contribution in [0.2, 0.25) is 0 Å². The first-order valence-corrected chi connectivity index (χ1v) is 14.8. The van der Waals surface area contributed by atoms with E-state index in [1.54, 1.807) is 26.8 Å². The largest absolute Gasteiger partial charge is 0.507 e. The molecule has 2 fully saturated rings. The van der Waals surface area contributed by atoms with Crippen LogP contribution < -0.4 is 0 Å². The molecule has 6 atom stereocenters. The molecule has 0 radical (unpaired) electrons. The second kappa shape index (κ2) is 10.2. The number of benzene rings is 2. The van der Waals surface area contributed by atoms with Crippen LogP contribution in [0.5, 0.6) is 5.75 Å². The van der Waals surface area contributed by atoms with Crippen molar-refractivity contribution in [1.29, 1.82) is 0 Å². The molecule has 43 heavy (non-hydrogen) atoms. The van der Waals surface area contributed by atoms with E-state index in [1.165, 1.54) is 13.0 Å². The van der Waals surface area contributed by atoms with Crippen LogP contribution in [0.3, 0.4) is 0 Å². The van der Waals surface area contributed by atoms with Crippen LogP contribution in [0, 0.1) is 41.4 Å². The number of Topliss-reactive ketones (excluding diaryl/α,β-unsaturated/α-hetero) is 6. The molecular weight excluding hydrogens is 548 g/mol. The minimum Gasteiger partial charge on any atom is -0.507 e. The van der Waals surface area contributed by atoms with Crippen molar-refractivity contribution in [3.8, 4) is 5.75 Å². The summed E-state index contributed by atoms with van der Waals surface area (Å²) in [5.74, 6) is -9.44. The minimum absolute atomic E-state index is 0.00551. The molecule has 2 saturated carbocycles. The Labute approximate surface area is 250 Å². The van der Waals surface area contributed by atoms with E-state index in [0.29, 0.717) is 11.1 Å². The number of aryl methyl sites for hydroxylation is 1. The molecule has 0 aromatic heterocycles. The van der Waals surface area contributed by atoms with Gasteiger partial charge in [-0.2, -0.15) is 0 Å². The molecule has 2 aromatic carbocycles. The van der Waals surface area contributed by atoms with Crippen molar-refractivity contribution in [3.63, 3.8) is 0 Å². The fraction of sp³-hybridized carbons (Fsp3) is 0.486. The number of carbonyl (C=O) groups is 6. The molecular formula is C35H38O8. The van der Waals surface area contributed by atoms with Gasteiger partial charge < -0.3 is 10.2 Å². The molecule has 0 heterocycles. The molecule has 226 valence electrons. The fourth-order valence-corrected chi connectivity index (χ4v) is 8.57. The molecule has 0 aliphatic heterocycles. The van der Waals surface area contributed by atoms with Gasteiger partial charge in [0, 0.05) is 24.2 Å². The minimum atomic E-state index is -2.74. The number of rotatable bonds is 6. The summed E-state index contributed by atoms with van der Waals surface area (Å²) >= 11 is 0. The maximum atomic E-state index is 14.4. The first-order valence-electron chi connectivity index (χ1n) is 14.8. The lowest BCUT2D eigenvalue weighted by atomic mass is 9.40. The van der Waals surface area contributed by atoms with Gasteiger partial charge in [0.25, 0.3) is 0 Å². The smallest absolute Gasteiger partial charge is 0.190 e. The first kappa shape index (κ1) is 30.7. The number of carbonyl (C=O) groups excluding carboxylic acids is 6. The Morgan fingerprint density at radius 1 is 0.953 bits per heavy atom. The van der Waals surface area contributed by atoms with Gasteiger partial charge in [-0.3, -0.25) is 28.8 Å². The van der Waals surface area contributed by atoms with Gasteiger partial charge in [0.15, 0.2) is 28.7 Å². The van der Waals surface area contributed by atoms with Crippen molar-refractivity contribution in [1.82, 2.24) is 0 Å². The van der Waals surface area contributed by atoms with Gasteiger partial charge in [0.2, 0.25) is 0 Å². The second-order valence-electron chi connectivity index (χ2n) is 13.8. The predicted octanol–water partition coefficient (Wildman–Crippen LogP) is 3.76. The van der Waals surface area contributed by atoms with Crippen LogP contribution in [-0.2, 0) is 43.2 Å². The van der Waals surface area contributed by atoms with E-state index in [0.717, 1.165) is 18.1 Å². The van der Waals surface area contributed by atoms with Crippen molar-refractivity contribution in [2.75, 3.05) is 0 Å². The van der Waals surface area contributed by atoms with Crippen LogP contribution in [0.15, 0.2) is 36.4 Å². The SMILES string of the molecule is CC(=O)C1C(=O)C(C(C)C)[C@@]2(C)C[C@@]3(C)Cc4c(CC(=O)Cc5ccc(C)cc5)ccc(O)c4C(=O)C3C(=O)[C@@]2(O)C1=O. The molecule has 0 saturated heterocycles. The van der Waals surface area contributed by atoms with Crippen molar-refractivity contribution < 1.29 is 39.0 Å². The van der Waals surface area contributed by atoms with Crippen LogP contribution in [0.1, 0.15) is 73.7 Å². The number of fused-ring (bicyclic) bond motifs is 3. The Morgan fingerprint density at radius 3 is 2.16 bits per heavy atom. The topological polar surface area (TPSA) is 143 Å². The van der Waals surface area contributed by atoms with Crippen molar-refractivity contribution >= 4 is 34.7 Å². The molecule has 8 nitrogen and oxygen atoms in total. The quantitative estimate of drug-likeness (QED) is 0.487. The maximum Gasteiger partial charge on any atom is 0.190 e. The molecule has 0 spiro atoms. The monoisotopic (exact) mass is 586 g/mol. The summed E-state index contributed by atoms with van der Waals surface area (Å²) in [4.78, 5) is 81.5. The summed E-state index contributed by atoms with van der Waals surface area (Å²) in [5.41, 5.74) is -2.60. The van der Waals surface area contributed by atoms with Gasteiger partial charge in [-0.1, -0.05) is 63.6 Å². The lowest BCUT2D eigenvalue weighted by molar-refractivity contribution is -0.205. The van der Waals surface area contributed by atoms with E-state index >= 15 is 0 Å². The molecule has 3 aliphatic rings. The van der Waals surface area contributed by atoms with Crippen LogP contribution in [0.25, 0.3) is 0 Å². The zero-order chi connectivity index (χ0) is 31.8. The van der Waals surface area contributed by atoms with Crippen molar-refractivity contribution in [3.05, 3.63) is 64.2 Å². The highest BCUT2D eigenvalue weighted by Gasteiger charge is 2.76. The van der Waals surface area contributed by atoms with Gasteiger partial charge in [-0.25, -0.2) is 0 Å². The number of aliphatic hydroxyl groups is 1. The maximum absolute atomic E-state index is 14.4. The molecule has 2 aromatic rings. The van der Waals surface area contributed by atoms with Gasteiger partial charge in [0.1, 0.15) is 23.2 Å². The summed E-state index contributed by atoms with van der Waals surface area (Å²) in [5, 5.41) is 22.9. The van der Waals surface area contributed by atoms with E-state index < -0.39 is 69.0 Å². The summed E-state index contributed by atoms with van der Waals surface area (Å²) in [7, 11) is 0. The number of aromatic hydroxyl groups is 1. The van der Waals surface area contributed by atoms with Gasteiger partial charge in [-0.15, -0.1) is 0 Å². The summed E-state index contributed by atoms with van der Waals surface area (Å²) in [6.45, 7) is 9.81. The number of hydrogen-bond donors (Lipinski definition) is 2. The highest BCUT2D eigenvalue weighted by atomic mass is 16.3. The summed E-state index contributed by atoms with van der Waals surface area (Å²) in [6.07, 6.45) is 0.271. The van der Waals surface area contributed by atoms with Crippen LogP contribution in [-0.4, -0.2) is 50.5 Å². The first-order chi connectivity index (χ1) is 20.0. The molecule has 2 N–H and O–H groups in total. The van der Waals surface area contributed by atoms with Crippen molar-refractivity contribution in [2.24, 2.45) is 34.5 Å². The van der Waals surface area contributed by atoms with Gasteiger partial charge >= 0.3 is 0 Å². The Morgan fingerprint density at radius 2 is 1.58 bits per heavy atom. The Balaban J connectivity index is 1.60. The van der Waals surface area contributed by atoms with Crippen LogP contribution in [0.4, 0.5) is 0 Å². The lowest BCUT2D eigenvalue weighted by Gasteiger charge is -2.61. The highest BCUT2D eigenvalue weighted by molar-refractivity contribution is 6.32. The third kappa shape index (κ3) is 4.36. The normalized spacial score (nSPS) is 31.9. The summed E-state index contributed by atoms with van der Waals surface area (Å²) < 4.78 is 0. The Kier molecular flexibility index (Phi) is 7.24. The molecule has 3 unspecified atom stereocenters. The molecule has 8 heteroatoms. The van der Waals surface area contributed by atoms with Crippen LogP contribution >= 0.6 is 0 Å². The zero-order valence-corrected chi connectivity index (χ0v) is 25.4. The molecule has 3 aliphatic carbocycles.